The molecule has 0 aliphatic rings. The monoisotopic (exact) mass is 237 g/mol. The number of nitrogens with two attached hydrogens (primary N) is 1. The van der Waals surface area contributed by atoms with Crippen LogP contribution in [0, 0.1) is 0 Å². The Bertz CT molecular complexity index is 420. The van der Waals surface area contributed by atoms with Gasteiger partial charge in [-0.3, -0.25) is 4.79 Å². The van der Waals surface area contributed by atoms with Crippen LogP contribution in [0.5, 0.6) is 0 Å². The lowest BCUT2D eigenvalue weighted by Crippen LogP contribution is -2.06. The van der Waals surface area contributed by atoms with Gasteiger partial charge in [-0.15, -0.1) is 0 Å². The number of hydrogen-bond donors (Lipinski definition) is 3. The van der Waals surface area contributed by atoms with Crippen LogP contribution in [0.1, 0.15) is 20.7 Å². The molecule has 1 rings (SSSR count). The van der Waals surface area contributed by atoms with Gasteiger partial charge in [0.25, 0.3) is 0 Å². The van der Waals surface area contributed by atoms with E-state index in [2.05, 4.69) is 12.3 Å². The molecule has 0 aliphatic carbocycles. The fraction of sp³-hybridized carbons (Fsp3) is 0. The summed E-state index contributed by atoms with van der Waals surface area (Å²) in [6, 6.07) is 5.48. The van der Waals surface area contributed by atoms with E-state index in [9.17, 15) is 14.4 Å². The number of carbonyl (C=O) groups is 3. The third kappa shape index (κ3) is 5.12. The molecule has 0 saturated heterocycles. The molecule has 0 heterocycles. The number of primary amides is 1. The summed E-state index contributed by atoms with van der Waals surface area (Å²) in [4.78, 5) is 30.4. The molecule has 0 radical (unpaired) electrons. The largest absolute Gasteiger partial charge is 0.478 e. The molecule has 6 nitrogen and oxygen atoms in total. The van der Waals surface area contributed by atoms with Crippen molar-refractivity contribution in [2.45, 2.75) is 0 Å². The third-order valence-corrected chi connectivity index (χ3v) is 1.59. The summed E-state index contributed by atoms with van der Waals surface area (Å²) in [7, 11) is 0. The smallest absolute Gasteiger partial charge is 0.336 e. The number of aromatic carboxylic acids is 2. The van der Waals surface area contributed by atoms with Crippen LogP contribution < -0.4 is 5.73 Å². The predicted octanol–water partition coefficient (Wildman–Crippen LogP) is 0.741. The highest BCUT2D eigenvalue weighted by Crippen LogP contribution is 2.07. The van der Waals surface area contributed by atoms with Crippen LogP contribution in [0.4, 0.5) is 0 Å². The Kier molecular flexibility index (Phi) is 5.73. The van der Waals surface area contributed by atoms with Crippen LogP contribution >= 0.6 is 0 Å². The van der Waals surface area contributed by atoms with Crippen LogP contribution in [0.2, 0.25) is 0 Å². The Labute approximate surface area is 97.0 Å². The second-order valence-corrected chi connectivity index (χ2v) is 2.76. The average Bonchev–Trinajstić information content (AvgIpc) is 2.29. The van der Waals surface area contributed by atoms with Crippen molar-refractivity contribution in [1.29, 1.82) is 0 Å². The summed E-state index contributed by atoms with van der Waals surface area (Å²) in [6.45, 7) is 3.09. The molecule has 0 saturated carbocycles. The molecule has 0 bridgehead atoms. The van der Waals surface area contributed by atoms with E-state index in [-0.39, 0.29) is 11.1 Å². The van der Waals surface area contributed by atoms with E-state index in [4.69, 9.17) is 10.2 Å². The van der Waals surface area contributed by atoms with Gasteiger partial charge in [0.05, 0.1) is 11.1 Å². The van der Waals surface area contributed by atoms with Gasteiger partial charge in [-0.1, -0.05) is 18.7 Å². The normalized spacial score (nSPS) is 8.47. The molecule has 1 aromatic rings. The van der Waals surface area contributed by atoms with Crippen LogP contribution in [-0.4, -0.2) is 28.1 Å². The molecule has 0 unspecified atom stereocenters. The molecule has 6 heteroatoms. The van der Waals surface area contributed by atoms with Gasteiger partial charge in [-0.2, -0.15) is 0 Å². The van der Waals surface area contributed by atoms with Crippen molar-refractivity contribution >= 4 is 17.8 Å². The molecule has 1 aromatic carbocycles. The summed E-state index contributed by atoms with van der Waals surface area (Å²) >= 11 is 0. The zero-order chi connectivity index (χ0) is 13.4. The fourth-order valence-electron chi connectivity index (χ4n) is 0.856. The first-order chi connectivity index (χ1) is 7.90. The fourth-order valence-corrected chi connectivity index (χ4v) is 0.856. The van der Waals surface area contributed by atoms with Crippen molar-refractivity contribution in [3.05, 3.63) is 48.0 Å². The summed E-state index contributed by atoms with van der Waals surface area (Å²) < 4.78 is 0. The summed E-state index contributed by atoms with van der Waals surface area (Å²) in [5.41, 5.74) is 4.16. The molecule has 4 N–H and O–H groups in total. The van der Waals surface area contributed by atoms with Crippen LogP contribution in [0.25, 0.3) is 0 Å². The van der Waals surface area contributed by atoms with Gasteiger partial charge in [-0.25, -0.2) is 9.59 Å². The zero-order valence-corrected chi connectivity index (χ0v) is 8.79. The Morgan fingerprint density at radius 2 is 1.35 bits per heavy atom. The van der Waals surface area contributed by atoms with Gasteiger partial charge in [-0.05, 0) is 18.2 Å². The van der Waals surface area contributed by atoms with Gasteiger partial charge < -0.3 is 15.9 Å². The van der Waals surface area contributed by atoms with E-state index < -0.39 is 17.8 Å². The highest BCUT2D eigenvalue weighted by Gasteiger charge is 2.13. The predicted molar refractivity (Wildman–Crippen MR) is 59.8 cm³/mol. The van der Waals surface area contributed by atoms with Crippen LogP contribution in [0.15, 0.2) is 36.9 Å². The maximum absolute atomic E-state index is 10.5. The highest BCUT2D eigenvalue weighted by molar-refractivity contribution is 6.01. The third-order valence-electron chi connectivity index (χ3n) is 1.59. The SMILES string of the molecule is C=CC(N)=O.O=C(O)c1ccccc1C(=O)O. The summed E-state index contributed by atoms with van der Waals surface area (Å²) in [5.74, 6) is -2.94. The number of carbonyl (C=O) groups excluding carboxylic acids is 1. The Hall–Kier alpha value is -2.63. The van der Waals surface area contributed by atoms with Crippen molar-refractivity contribution in [2.75, 3.05) is 0 Å². The number of rotatable bonds is 3. The molecular weight excluding hydrogens is 226 g/mol. The Morgan fingerprint density at radius 3 is 1.53 bits per heavy atom. The Balaban J connectivity index is 0.000000437. The number of carboxylic acids is 2. The van der Waals surface area contributed by atoms with Gasteiger partial charge in [0.2, 0.25) is 5.91 Å². The topological polar surface area (TPSA) is 118 Å². The van der Waals surface area contributed by atoms with Crippen molar-refractivity contribution in [1.82, 2.24) is 0 Å². The number of hydrogen-bond acceptors (Lipinski definition) is 3. The maximum atomic E-state index is 10.5. The van der Waals surface area contributed by atoms with Crippen LogP contribution in [-0.2, 0) is 4.79 Å². The number of amides is 1. The standard InChI is InChI=1S/C8H6O4.C3H5NO/c9-7(10)5-3-1-2-4-6(5)8(11)12;1-2-3(4)5/h1-4H,(H,9,10)(H,11,12);2H,1H2,(H2,4,5). The minimum atomic E-state index is -1.23. The molecule has 0 aliphatic heterocycles. The Morgan fingerprint density at radius 1 is 1.06 bits per heavy atom. The van der Waals surface area contributed by atoms with E-state index in [1.807, 2.05) is 0 Å². The maximum Gasteiger partial charge on any atom is 0.336 e. The van der Waals surface area contributed by atoms with Gasteiger partial charge >= 0.3 is 11.9 Å². The second kappa shape index (κ2) is 6.78. The summed E-state index contributed by atoms with van der Waals surface area (Å²) in [5, 5.41) is 17.1. The van der Waals surface area contributed by atoms with Crippen LogP contribution in [0.3, 0.4) is 0 Å². The second-order valence-electron chi connectivity index (χ2n) is 2.76. The molecule has 0 atom stereocenters. The first kappa shape index (κ1) is 14.4. The van der Waals surface area contributed by atoms with E-state index in [1.54, 1.807) is 0 Å². The van der Waals surface area contributed by atoms with E-state index in [1.165, 1.54) is 24.3 Å². The zero-order valence-electron chi connectivity index (χ0n) is 8.79. The van der Waals surface area contributed by atoms with Crippen molar-refractivity contribution in [3.8, 4) is 0 Å². The summed E-state index contributed by atoms with van der Waals surface area (Å²) in [6.07, 6.45) is 1.06. The minimum absolute atomic E-state index is 0.190. The van der Waals surface area contributed by atoms with Gasteiger partial charge in [0, 0.05) is 0 Å². The first-order valence-electron chi connectivity index (χ1n) is 4.37. The quantitative estimate of drug-likeness (QED) is 0.670. The number of benzene rings is 1. The highest BCUT2D eigenvalue weighted by atomic mass is 16.4. The lowest BCUT2D eigenvalue weighted by Gasteiger charge is -1.98. The molecule has 90 valence electrons. The molecular formula is C11H11NO5. The van der Waals surface area contributed by atoms with E-state index >= 15 is 0 Å². The lowest BCUT2D eigenvalue weighted by atomic mass is 10.1. The average molecular weight is 237 g/mol. The molecule has 0 fully saturated rings. The van der Waals surface area contributed by atoms with Crippen molar-refractivity contribution < 1.29 is 24.6 Å². The number of carboxylic acid groups (broad SMARTS) is 2. The van der Waals surface area contributed by atoms with E-state index in [0.717, 1.165) is 6.08 Å². The van der Waals surface area contributed by atoms with Crippen molar-refractivity contribution in [3.63, 3.8) is 0 Å². The van der Waals surface area contributed by atoms with E-state index in [0.29, 0.717) is 0 Å². The van der Waals surface area contributed by atoms with Gasteiger partial charge in [0.1, 0.15) is 0 Å². The molecule has 17 heavy (non-hydrogen) atoms. The first-order valence-corrected chi connectivity index (χ1v) is 4.37. The molecule has 0 aromatic heterocycles. The molecule has 0 spiro atoms. The minimum Gasteiger partial charge on any atom is -0.478 e. The lowest BCUT2D eigenvalue weighted by molar-refractivity contribution is -0.113. The molecule has 1 amide bonds. The van der Waals surface area contributed by atoms with Gasteiger partial charge in [0.15, 0.2) is 0 Å². The van der Waals surface area contributed by atoms with Crippen molar-refractivity contribution in [2.24, 2.45) is 5.73 Å².